The third-order valence-electron chi connectivity index (χ3n) is 4.68. The number of rotatable bonds is 7. The Labute approximate surface area is 180 Å². The van der Waals surface area contributed by atoms with E-state index in [1.54, 1.807) is 55.8 Å². The molecule has 0 aliphatic carbocycles. The van der Waals surface area contributed by atoms with Gasteiger partial charge in [-0.3, -0.25) is 10.1 Å². The summed E-state index contributed by atoms with van der Waals surface area (Å²) in [4.78, 5) is 17.3. The van der Waals surface area contributed by atoms with E-state index in [1.807, 2.05) is 0 Å². The summed E-state index contributed by atoms with van der Waals surface area (Å²) in [6, 6.07) is 10.2. The van der Waals surface area contributed by atoms with Crippen molar-refractivity contribution >= 4 is 44.5 Å². The number of halogens is 1. The molecule has 160 valence electrons. The maximum Gasteiger partial charge on any atom is 0.245 e. The molecule has 0 aliphatic heterocycles. The number of nitrogens with one attached hydrogen (secondary N) is 2. The van der Waals surface area contributed by atoms with Crippen molar-refractivity contribution in [2.45, 2.75) is 24.8 Å². The summed E-state index contributed by atoms with van der Waals surface area (Å²) in [5.41, 5.74) is 1.41. The highest BCUT2D eigenvalue weighted by molar-refractivity contribution is 7.89. The Balaban J connectivity index is 1.83. The number of methoxy groups -OCH3 is 1. The fraction of sp³-hybridized carbons (Fsp3) is 0.300. The maximum atomic E-state index is 12.9. The number of imidazole rings is 1. The van der Waals surface area contributed by atoms with E-state index in [1.165, 1.54) is 19.2 Å². The van der Waals surface area contributed by atoms with Crippen LogP contribution in [0.2, 0.25) is 5.02 Å². The van der Waals surface area contributed by atoms with Crippen LogP contribution in [0.1, 0.15) is 13.8 Å². The lowest BCUT2D eigenvalue weighted by Crippen LogP contribution is -2.47. The third kappa shape index (κ3) is 4.58. The zero-order valence-electron chi connectivity index (χ0n) is 17.0. The van der Waals surface area contributed by atoms with Gasteiger partial charge in [0.15, 0.2) is 0 Å². The minimum atomic E-state index is -3.92. The molecule has 3 aromatic rings. The molecule has 0 saturated carbocycles. The van der Waals surface area contributed by atoms with E-state index in [2.05, 4.69) is 15.0 Å². The van der Waals surface area contributed by atoms with Crippen molar-refractivity contribution in [2.24, 2.45) is 13.0 Å². The zero-order chi connectivity index (χ0) is 22.1. The molecule has 1 amide bonds. The molecule has 2 aromatic carbocycles. The van der Waals surface area contributed by atoms with Gasteiger partial charge in [0.25, 0.3) is 0 Å². The third-order valence-corrected chi connectivity index (χ3v) is 6.37. The molecule has 1 aromatic heterocycles. The van der Waals surface area contributed by atoms with Crippen molar-refractivity contribution in [3.63, 3.8) is 0 Å². The van der Waals surface area contributed by atoms with Gasteiger partial charge in [-0.05, 0) is 48.4 Å². The highest BCUT2D eigenvalue weighted by atomic mass is 35.5. The quantitative estimate of drug-likeness (QED) is 0.575. The van der Waals surface area contributed by atoms with E-state index >= 15 is 0 Å². The van der Waals surface area contributed by atoms with E-state index in [0.29, 0.717) is 22.2 Å². The molecule has 1 heterocycles. The highest BCUT2D eigenvalue weighted by Gasteiger charge is 2.29. The first-order chi connectivity index (χ1) is 14.1. The number of ether oxygens (including phenoxy) is 1. The van der Waals surface area contributed by atoms with Crippen molar-refractivity contribution in [1.29, 1.82) is 0 Å². The summed E-state index contributed by atoms with van der Waals surface area (Å²) < 4.78 is 34.8. The van der Waals surface area contributed by atoms with Crippen molar-refractivity contribution in [3.05, 3.63) is 47.5 Å². The van der Waals surface area contributed by atoms with Crippen LogP contribution in [0, 0.1) is 5.92 Å². The summed E-state index contributed by atoms with van der Waals surface area (Å²) in [6.07, 6.45) is 0. The van der Waals surface area contributed by atoms with Crippen LogP contribution in [-0.4, -0.2) is 37.0 Å². The van der Waals surface area contributed by atoms with Crippen LogP contribution in [-0.2, 0) is 21.9 Å². The normalized spacial score (nSPS) is 12.9. The molecule has 3 rings (SSSR count). The predicted octanol–water partition coefficient (Wildman–Crippen LogP) is 3.18. The fourth-order valence-corrected chi connectivity index (χ4v) is 4.47. The van der Waals surface area contributed by atoms with Crippen molar-refractivity contribution < 1.29 is 17.9 Å². The molecule has 8 nitrogen and oxygen atoms in total. The lowest BCUT2D eigenvalue weighted by atomic mass is 10.1. The highest BCUT2D eigenvalue weighted by Crippen LogP contribution is 2.22. The van der Waals surface area contributed by atoms with Crippen molar-refractivity contribution in [2.75, 3.05) is 12.4 Å². The van der Waals surface area contributed by atoms with Crippen molar-refractivity contribution in [1.82, 2.24) is 14.3 Å². The first-order valence-corrected chi connectivity index (χ1v) is 11.1. The van der Waals surface area contributed by atoms with Gasteiger partial charge >= 0.3 is 0 Å². The van der Waals surface area contributed by atoms with E-state index in [4.69, 9.17) is 16.3 Å². The zero-order valence-corrected chi connectivity index (χ0v) is 18.6. The number of anilines is 1. The van der Waals surface area contributed by atoms with Gasteiger partial charge in [-0.25, -0.2) is 13.4 Å². The Morgan fingerprint density at radius 1 is 1.17 bits per heavy atom. The molecule has 0 saturated heterocycles. The molecule has 1 atom stereocenters. The predicted molar refractivity (Wildman–Crippen MR) is 116 cm³/mol. The Morgan fingerprint density at radius 2 is 1.83 bits per heavy atom. The number of aryl methyl sites for hydroxylation is 1. The Bertz CT molecular complexity index is 1170. The number of hydrogen-bond donors (Lipinski definition) is 2. The number of carbonyl (C=O) groups is 1. The average molecular weight is 451 g/mol. The van der Waals surface area contributed by atoms with Gasteiger partial charge in [-0.1, -0.05) is 25.4 Å². The molecule has 0 aliphatic rings. The van der Waals surface area contributed by atoms with Crippen LogP contribution in [0.15, 0.2) is 47.4 Å². The standard InChI is InChI=1S/C20H23ClN4O4S/c1-12(2)18(24-30(27,28)15-8-6-14(29-4)7-9-15)19(26)23-20-22-16-11-13(21)5-10-17(16)25(20)3/h5-12,18,24H,1-4H3,(H,22,23,26)/t18-/m0/s1. The summed E-state index contributed by atoms with van der Waals surface area (Å²) in [5, 5.41) is 3.25. The van der Waals surface area contributed by atoms with E-state index < -0.39 is 22.0 Å². The largest absolute Gasteiger partial charge is 0.497 e. The topological polar surface area (TPSA) is 102 Å². The van der Waals surface area contributed by atoms with Gasteiger partial charge in [0.2, 0.25) is 21.9 Å². The minimum absolute atomic E-state index is 0.0409. The lowest BCUT2D eigenvalue weighted by molar-refractivity contribution is -0.118. The molecule has 0 spiro atoms. The average Bonchev–Trinajstić information content (AvgIpc) is 3.00. The molecule has 10 heteroatoms. The first-order valence-electron chi connectivity index (χ1n) is 9.21. The summed E-state index contributed by atoms with van der Waals surface area (Å²) in [5.74, 6) is 0.0226. The Hall–Kier alpha value is -2.62. The minimum Gasteiger partial charge on any atom is -0.497 e. The smallest absolute Gasteiger partial charge is 0.245 e. The molecule has 0 radical (unpaired) electrons. The molecule has 30 heavy (non-hydrogen) atoms. The monoisotopic (exact) mass is 450 g/mol. The Morgan fingerprint density at radius 3 is 2.43 bits per heavy atom. The summed E-state index contributed by atoms with van der Waals surface area (Å²) in [6.45, 7) is 3.52. The SMILES string of the molecule is COc1ccc(S(=O)(=O)N[C@H](C(=O)Nc2nc3cc(Cl)ccc3n2C)C(C)C)cc1. The summed E-state index contributed by atoms with van der Waals surface area (Å²) >= 11 is 6.01. The van der Waals surface area contributed by atoms with Gasteiger partial charge in [0, 0.05) is 12.1 Å². The Kier molecular flexibility index (Phi) is 6.35. The first kappa shape index (κ1) is 22.1. The van der Waals surface area contributed by atoms with Crippen LogP contribution >= 0.6 is 11.6 Å². The molecule has 2 N–H and O–H groups in total. The van der Waals surface area contributed by atoms with Crippen LogP contribution in [0.4, 0.5) is 5.95 Å². The second kappa shape index (κ2) is 8.63. The van der Waals surface area contributed by atoms with Gasteiger partial charge in [0.1, 0.15) is 11.8 Å². The van der Waals surface area contributed by atoms with Gasteiger partial charge in [-0.2, -0.15) is 4.72 Å². The van der Waals surface area contributed by atoms with Crippen LogP contribution in [0.5, 0.6) is 5.75 Å². The van der Waals surface area contributed by atoms with E-state index in [0.717, 1.165) is 5.52 Å². The second-order valence-electron chi connectivity index (χ2n) is 7.14. The van der Waals surface area contributed by atoms with Crippen LogP contribution in [0.25, 0.3) is 11.0 Å². The molecular formula is C20H23ClN4O4S. The van der Waals surface area contributed by atoms with Gasteiger partial charge in [0.05, 0.1) is 23.0 Å². The molecule has 0 unspecified atom stereocenters. The number of fused-ring (bicyclic) bond motifs is 1. The number of benzene rings is 2. The summed E-state index contributed by atoms with van der Waals surface area (Å²) in [7, 11) is -0.668. The van der Waals surface area contributed by atoms with Crippen LogP contribution in [0.3, 0.4) is 0 Å². The fourth-order valence-electron chi connectivity index (χ4n) is 2.96. The number of nitrogens with zero attached hydrogens (tertiary/aromatic N) is 2. The van der Waals surface area contributed by atoms with E-state index in [-0.39, 0.29) is 10.8 Å². The van der Waals surface area contributed by atoms with Crippen molar-refractivity contribution in [3.8, 4) is 5.75 Å². The number of hydrogen-bond acceptors (Lipinski definition) is 5. The molecular weight excluding hydrogens is 428 g/mol. The van der Waals surface area contributed by atoms with Crippen LogP contribution < -0.4 is 14.8 Å². The van der Waals surface area contributed by atoms with Gasteiger partial charge < -0.3 is 9.30 Å². The van der Waals surface area contributed by atoms with E-state index in [9.17, 15) is 13.2 Å². The van der Waals surface area contributed by atoms with Gasteiger partial charge in [-0.15, -0.1) is 0 Å². The number of aromatic nitrogens is 2. The number of carbonyl (C=O) groups excluding carboxylic acids is 1. The molecule has 0 fully saturated rings. The second-order valence-corrected chi connectivity index (χ2v) is 9.29. The molecule has 0 bridgehead atoms. The number of sulfonamides is 1. The number of amides is 1. The maximum absolute atomic E-state index is 12.9. The lowest BCUT2D eigenvalue weighted by Gasteiger charge is -2.21.